The van der Waals surface area contributed by atoms with Gasteiger partial charge in [-0.2, -0.15) is 11.8 Å². The number of methoxy groups -OCH3 is 1. The van der Waals surface area contributed by atoms with Crippen molar-refractivity contribution in [2.75, 3.05) is 32.2 Å². The Morgan fingerprint density at radius 2 is 2.31 bits per heavy atom. The first-order valence-corrected chi connectivity index (χ1v) is 5.56. The predicted octanol–water partition coefficient (Wildman–Crippen LogP) is 1.06. The molecule has 0 aromatic heterocycles. The summed E-state index contributed by atoms with van der Waals surface area (Å²) in [5.41, 5.74) is 0.652. The molecule has 76 valence electrons. The van der Waals surface area contributed by atoms with Gasteiger partial charge in [-0.05, 0) is 13.2 Å². The highest BCUT2D eigenvalue weighted by atomic mass is 32.2. The summed E-state index contributed by atoms with van der Waals surface area (Å²) >= 11 is 1.80. The molecule has 0 spiro atoms. The molecule has 0 saturated carbocycles. The van der Waals surface area contributed by atoms with Crippen molar-refractivity contribution in [2.45, 2.75) is 6.92 Å². The van der Waals surface area contributed by atoms with E-state index in [9.17, 15) is 4.79 Å². The van der Waals surface area contributed by atoms with Crippen molar-refractivity contribution in [3.63, 3.8) is 0 Å². The summed E-state index contributed by atoms with van der Waals surface area (Å²) in [5.74, 6) is 0.831. The maximum Gasteiger partial charge on any atom is 0.333 e. The zero-order valence-corrected chi connectivity index (χ0v) is 9.24. The number of ether oxygens (including phenoxy) is 1. The molecule has 0 aliphatic heterocycles. The number of thioether (sulfide) groups is 1. The molecule has 4 heteroatoms. The van der Waals surface area contributed by atoms with Crippen LogP contribution >= 0.6 is 11.8 Å². The van der Waals surface area contributed by atoms with E-state index in [2.05, 4.69) is 16.3 Å². The van der Waals surface area contributed by atoms with E-state index >= 15 is 0 Å². The second kappa shape index (κ2) is 8.13. The second-order valence-corrected chi connectivity index (χ2v) is 3.56. The summed E-state index contributed by atoms with van der Waals surface area (Å²) in [7, 11) is 1.39. The standard InChI is InChI=1S/C9H17NO2S/c1-8(9(11)12-2)4-5-10-6-7-13-3/h4,10H,5-7H2,1-3H3. The molecule has 0 fully saturated rings. The van der Waals surface area contributed by atoms with Gasteiger partial charge in [-0.3, -0.25) is 0 Å². The Balaban J connectivity index is 3.53. The molecule has 0 aromatic carbocycles. The van der Waals surface area contributed by atoms with Gasteiger partial charge in [0.05, 0.1) is 7.11 Å². The molecule has 3 nitrogen and oxygen atoms in total. The molecular weight excluding hydrogens is 186 g/mol. The molecule has 0 rings (SSSR count). The van der Waals surface area contributed by atoms with Crippen molar-refractivity contribution < 1.29 is 9.53 Å². The van der Waals surface area contributed by atoms with Crippen LogP contribution < -0.4 is 5.32 Å². The molecule has 0 saturated heterocycles. The van der Waals surface area contributed by atoms with Crippen LogP contribution in [0.1, 0.15) is 6.92 Å². The second-order valence-electron chi connectivity index (χ2n) is 2.58. The molecule has 0 bridgehead atoms. The highest BCUT2D eigenvalue weighted by Crippen LogP contribution is 1.93. The van der Waals surface area contributed by atoms with Crippen molar-refractivity contribution in [3.8, 4) is 0 Å². The minimum atomic E-state index is -0.258. The fraction of sp³-hybridized carbons (Fsp3) is 0.667. The zero-order valence-electron chi connectivity index (χ0n) is 8.42. The van der Waals surface area contributed by atoms with Crippen molar-refractivity contribution in [3.05, 3.63) is 11.6 Å². The first kappa shape index (κ1) is 12.5. The van der Waals surface area contributed by atoms with Crippen LogP contribution in [0.15, 0.2) is 11.6 Å². The lowest BCUT2D eigenvalue weighted by atomic mass is 10.3. The monoisotopic (exact) mass is 203 g/mol. The van der Waals surface area contributed by atoms with Gasteiger partial charge < -0.3 is 10.1 Å². The minimum Gasteiger partial charge on any atom is -0.466 e. The number of rotatable bonds is 6. The average Bonchev–Trinajstić information content (AvgIpc) is 2.16. The predicted molar refractivity (Wildman–Crippen MR) is 57.0 cm³/mol. The van der Waals surface area contributed by atoms with Gasteiger partial charge in [-0.1, -0.05) is 6.08 Å². The number of carbonyl (C=O) groups is 1. The van der Waals surface area contributed by atoms with Crippen molar-refractivity contribution >= 4 is 17.7 Å². The summed E-state index contributed by atoms with van der Waals surface area (Å²) in [6.45, 7) is 3.44. The molecule has 0 heterocycles. The Morgan fingerprint density at radius 3 is 2.85 bits per heavy atom. The smallest absolute Gasteiger partial charge is 0.333 e. The zero-order chi connectivity index (χ0) is 10.1. The van der Waals surface area contributed by atoms with Gasteiger partial charge in [0.1, 0.15) is 0 Å². The molecule has 1 N–H and O–H groups in total. The Kier molecular flexibility index (Phi) is 7.83. The van der Waals surface area contributed by atoms with Gasteiger partial charge >= 0.3 is 5.97 Å². The van der Waals surface area contributed by atoms with Gasteiger partial charge in [-0.15, -0.1) is 0 Å². The Morgan fingerprint density at radius 1 is 1.62 bits per heavy atom. The summed E-state index contributed by atoms with van der Waals surface area (Å²) in [4.78, 5) is 10.9. The van der Waals surface area contributed by atoms with Gasteiger partial charge in [0.2, 0.25) is 0 Å². The average molecular weight is 203 g/mol. The van der Waals surface area contributed by atoms with E-state index in [1.54, 1.807) is 18.7 Å². The maximum atomic E-state index is 10.9. The van der Waals surface area contributed by atoms with E-state index in [1.165, 1.54) is 7.11 Å². The van der Waals surface area contributed by atoms with Crippen molar-refractivity contribution in [1.29, 1.82) is 0 Å². The third kappa shape index (κ3) is 6.66. The number of carbonyl (C=O) groups excluding carboxylic acids is 1. The summed E-state index contributed by atoms with van der Waals surface area (Å²) in [5, 5.41) is 3.19. The fourth-order valence-corrected chi connectivity index (χ4v) is 1.09. The molecule has 0 aliphatic rings. The van der Waals surface area contributed by atoms with Crippen LogP contribution in [-0.4, -0.2) is 38.2 Å². The molecule has 0 aromatic rings. The lowest BCUT2D eigenvalue weighted by Crippen LogP contribution is -2.17. The number of nitrogens with one attached hydrogen (secondary N) is 1. The highest BCUT2D eigenvalue weighted by Gasteiger charge is 2.00. The normalized spacial score (nSPS) is 11.5. The van der Waals surface area contributed by atoms with Crippen LogP contribution in [0.4, 0.5) is 0 Å². The topological polar surface area (TPSA) is 38.3 Å². The molecule has 0 radical (unpaired) electrons. The fourth-order valence-electron chi connectivity index (χ4n) is 0.746. The SMILES string of the molecule is COC(=O)C(C)=CCNCCSC. The number of hydrogen-bond acceptors (Lipinski definition) is 4. The molecule has 0 atom stereocenters. The van der Waals surface area contributed by atoms with Crippen molar-refractivity contribution in [2.24, 2.45) is 0 Å². The third-order valence-electron chi connectivity index (χ3n) is 1.54. The van der Waals surface area contributed by atoms with E-state index in [4.69, 9.17) is 0 Å². The quantitative estimate of drug-likeness (QED) is 0.398. The first-order chi connectivity index (χ1) is 6.22. The highest BCUT2D eigenvalue weighted by molar-refractivity contribution is 7.98. The summed E-state index contributed by atoms with van der Waals surface area (Å²) < 4.78 is 4.55. The number of hydrogen-bond donors (Lipinski definition) is 1. The van der Waals surface area contributed by atoms with E-state index in [0.29, 0.717) is 5.57 Å². The summed E-state index contributed by atoms with van der Waals surface area (Å²) in [6.07, 6.45) is 3.91. The van der Waals surface area contributed by atoms with Crippen LogP contribution in [0.25, 0.3) is 0 Å². The third-order valence-corrected chi connectivity index (χ3v) is 2.16. The van der Waals surface area contributed by atoms with Crippen LogP contribution in [0, 0.1) is 0 Å². The van der Waals surface area contributed by atoms with Crippen molar-refractivity contribution in [1.82, 2.24) is 5.32 Å². The Bertz CT molecular complexity index is 180. The van der Waals surface area contributed by atoms with E-state index in [-0.39, 0.29) is 5.97 Å². The van der Waals surface area contributed by atoms with E-state index < -0.39 is 0 Å². The van der Waals surface area contributed by atoms with Gasteiger partial charge in [0, 0.05) is 24.4 Å². The van der Waals surface area contributed by atoms with Gasteiger partial charge in [0.25, 0.3) is 0 Å². The first-order valence-electron chi connectivity index (χ1n) is 4.17. The van der Waals surface area contributed by atoms with Crippen LogP contribution in [0.5, 0.6) is 0 Å². The summed E-state index contributed by atoms with van der Waals surface area (Å²) in [6, 6.07) is 0. The van der Waals surface area contributed by atoms with E-state index in [1.807, 2.05) is 6.08 Å². The van der Waals surface area contributed by atoms with Crippen LogP contribution in [0.2, 0.25) is 0 Å². The van der Waals surface area contributed by atoms with E-state index in [0.717, 1.165) is 18.8 Å². The van der Waals surface area contributed by atoms with Gasteiger partial charge in [-0.25, -0.2) is 4.79 Å². The minimum absolute atomic E-state index is 0.258. The molecule has 13 heavy (non-hydrogen) atoms. The number of esters is 1. The lowest BCUT2D eigenvalue weighted by Gasteiger charge is -2.00. The molecule has 0 unspecified atom stereocenters. The molecular formula is C9H17NO2S. The van der Waals surface area contributed by atoms with Gasteiger partial charge in [0.15, 0.2) is 0 Å². The maximum absolute atomic E-state index is 10.9. The molecule has 0 aliphatic carbocycles. The lowest BCUT2D eigenvalue weighted by molar-refractivity contribution is -0.136. The Labute approximate surface area is 83.9 Å². The largest absolute Gasteiger partial charge is 0.466 e. The van der Waals surface area contributed by atoms with Crippen LogP contribution in [-0.2, 0) is 9.53 Å². The Hall–Kier alpha value is -0.480. The molecule has 0 amide bonds. The van der Waals surface area contributed by atoms with Crippen LogP contribution in [0.3, 0.4) is 0 Å².